The molecule has 1 atom stereocenters. The molecular weight excluding hydrogens is 256 g/mol. The minimum atomic E-state index is -0.280. The minimum Gasteiger partial charge on any atom is -0.408 e. The molecule has 1 fully saturated rings. The van der Waals surface area contributed by atoms with Crippen molar-refractivity contribution in [3.63, 3.8) is 0 Å². The molecule has 1 N–H and O–H groups in total. The molecule has 5 nitrogen and oxygen atoms in total. The first-order valence-corrected chi connectivity index (χ1v) is 7.19. The van der Waals surface area contributed by atoms with Crippen molar-refractivity contribution in [3.05, 3.63) is 34.8 Å². The molecule has 1 aliphatic rings. The van der Waals surface area contributed by atoms with Crippen molar-refractivity contribution in [1.82, 2.24) is 9.47 Å². The number of hydrogen-bond donors (Lipinski definition) is 1. The molecule has 5 heteroatoms. The molecule has 0 radical (unpaired) electrons. The Kier molecular flexibility index (Phi) is 3.89. The van der Waals surface area contributed by atoms with Gasteiger partial charge in [0.2, 0.25) is 0 Å². The molecule has 0 bridgehead atoms. The van der Waals surface area contributed by atoms with Gasteiger partial charge in [-0.15, -0.1) is 0 Å². The summed E-state index contributed by atoms with van der Waals surface area (Å²) >= 11 is 0. The first kappa shape index (κ1) is 13.4. The fourth-order valence-electron chi connectivity index (χ4n) is 3.00. The van der Waals surface area contributed by atoms with Gasteiger partial charge in [0, 0.05) is 26.2 Å². The van der Waals surface area contributed by atoms with E-state index >= 15 is 0 Å². The van der Waals surface area contributed by atoms with Gasteiger partial charge in [-0.05, 0) is 37.4 Å². The van der Waals surface area contributed by atoms with Crippen molar-refractivity contribution in [3.8, 4) is 0 Å². The Bertz CT molecular complexity index is 631. The zero-order valence-electron chi connectivity index (χ0n) is 11.5. The van der Waals surface area contributed by atoms with Crippen molar-refractivity contribution >= 4 is 11.1 Å². The van der Waals surface area contributed by atoms with Crippen molar-refractivity contribution in [1.29, 1.82) is 0 Å². The Hall–Kier alpha value is -1.59. The molecule has 0 saturated carbocycles. The summed E-state index contributed by atoms with van der Waals surface area (Å²) in [6.07, 6.45) is 2.02. The van der Waals surface area contributed by atoms with Crippen LogP contribution in [0.15, 0.2) is 33.5 Å². The third kappa shape index (κ3) is 2.64. The number of aromatic nitrogens is 1. The lowest BCUT2D eigenvalue weighted by Crippen LogP contribution is -2.28. The summed E-state index contributed by atoms with van der Waals surface area (Å²) in [7, 11) is 0. The molecule has 2 heterocycles. The van der Waals surface area contributed by atoms with Crippen LogP contribution in [0, 0.1) is 5.92 Å². The fraction of sp³-hybridized carbons (Fsp3) is 0.533. The minimum absolute atomic E-state index is 0.268. The van der Waals surface area contributed by atoms with Gasteiger partial charge >= 0.3 is 5.76 Å². The van der Waals surface area contributed by atoms with Gasteiger partial charge in [0.1, 0.15) is 0 Å². The maximum atomic E-state index is 11.9. The quantitative estimate of drug-likeness (QED) is 0.894. The topological polar surface area (TPSA) is 58.6 Å². The molecule has 0 aliphatic carbocycles. The average molecular weight is 276 g/mol. The number of aliphatic hydroxyl groups excluding tert-OH is 1. The van der Waals surface area contributed by atoms with E-state index in [0.29, 0.717) is 18.0 Å². The number of oxazole rings is 1. The van der Waals surface area contributed by atoms with E-state index in [9.17, 15) is 4.79 Å². The SMILES string of the molecule is O=c1oc2ccccc2n1CCN1CCC(CCO)C1. The van der Waals surface area contributed by atoms with Gasteiger partial charge in [-0.1, -0.05) is 12.1 Å². The van der Waals surface area contributed by atoms with Gasteiger partial charge in [0.15, 0.2) is 5.58 Å². The Morgan fingerprint density at radius 1 is 1.30 bits per heavy atom. The Morgan fingerprint density at radius 3 is 3.00 bits per heavy atom. The lowest BCUT2D eigenvalue weighted by atomic mass is 10.1. The van der Waals surface area contributed by atoms with Crippen LogP contribution in [0.5, 0.6) is 0 Å². The molecule has 108 valence electrons. The number of fused-ring (bicyclic) bond motifs is 1. The average Bonchev–Trinajstić information content (AvgIpc) is 3.01. The summed E-state index contributed by atoms with van der Waals surface area (Å²) in [6, 6.07) is 7.52. The highest BCUT2D eigenvalue weighted by Gasteiger charge is 2.22. The van der Waals surface area contributed by atoms with E-state index in [-0.39, 0.29) is 12.4 Å². The Morgan fingerprint density at radius 2 is 2.15 bits per heavy atom. The van der Waals surface area contributed by atoms with Crippen molar-refractivity contribution in [2.75, 3.05) is 26.2 Å². The number of hydrogen-bond acceptors (Lipinski definition) is 4. The second-order valence-corrected chi connectivity index (χ2v) is 5.45. The van der Waals surface area contributed by atoms with E-state index in [1.165, 1.54) is 0 Å². The highest BCUT2D eigenvalue weighted by Crippen LogP contribution is 2.19. The van der Waals surface area contributed by atoms with Gasteiger partial charge in [0.25, 0.3) is 0 Å². The highest BCUT2D eigenvalue weighted by atomic mass is 16.4. The summed E-state index contributed by atoms with van der Waals surface area (Å²) in [6.45, 7) is 3.84. The second kappa shape index (κ2) is 5.81. The maximum Gasteiger partial charge on any atom is 0.419 e. The van der Waals surface area contributed by atoms with Gasteiger partial charge in [0.05, 0.1) is 5.52 Å². The summed E-state index contributed by atoms with van der Waals surface area (Å²) in [5.74, 6) is 0.315. The third-order valence-electron chi connectivity index (χ3n) is 4.12. The maximum absolute atomic E-state index is 11.9. The fourth-order valence-corrected chi connectivity index (χ4v) is 3.00. The molecule has 1 aliphatic heterocycles. The van der Waals surface area contributed by atoms with E-state index in [1.807, 2.05) is 24.3 Å². The molecule has 1 unspecified atom stereocenters. The standard InChI is InChI=1S/C15H20N2O3/c18-10-6-12-5-7-16(11-12)8-9-17-13-3-1-2-4-14(13)20-15(17)19/h1-4,12,18H,5-11H2. The Labute approximate surface area is 117 Å². The van der Waals surface area contributed by atoms with Crippen molar-refractivity contribution in [2.45, 2.75) is 19.4 Å². The molecule has 2 aromatic rings. The van der Waals surface area contributed by atoms with Gasteiger partial charge < -0.3 is 14.4 Å². The largest absolute Gasteiger partial charge is 0.419 e. The van der Waals surface area contributed by atoms with Crippen LogP contribution in [0.3, 0.4) is 0 Å². The summed E-state index contributed by atoms with van der Waals surface area (Å²) < 4.78 is 6.93. The molecule has 20 heavy (non-hydrogen) atoms. The number of likely N-dealkylation sites (tertiary alicyclic amines) is 1. The highest BCUT2D eigenvalue weighted by molar-refractivity contribution is 5.72. The van der Waals surface area contributed by atoms with Crippen LogP contribution < -0.4 is 5.76 Å². The van der Waals surface area contributed by atoms with E-state index in [0.717, 1.165) is 38.0 Å². The smallest absolute Gasteiger partial charge is 0.408 e. The first-order chi connectivity index (χ1) is 9.78. The van der Waals surface area contributed by atoms with Crippen molar-refractivity contribution in [2.24, 2.45) is 5.92 Å². The number of nitrogens with zero attached hydrogens (tertiary/aromatic N) is 2. The lowest BCUT2D eigenvalue weighted by molar-refractivity contribution is 0.248. The summed E-state index contributed by atoms with van der Waals surface area (Å²) in [5.41, 5.74) is 1.51. The number of benzene rings is 1. The van der Waals surface area contributed by atoms with E-state index < -0.39 is 0 Å². The zero-order valence-corrected chi connectivity index (χ0v) is 11.5. The summed E-state index contributed by atoms with van der Waals surface area (Å²) in [5, 5.41) is 8.97. The van der Waals surface area contributed by atoms with Crippen LogP contribution in [0.2, 0.25) is 0 Å². The monoisotopic (exact) mass is 276 g/mol. The molecule has 1 saturated heterocycles. The zero-order chi connectivity index (χ0) is 13.9. The van der Waals surface area contributed by atoms with Crippen molar-refractivity contribution < 1.29 is 9.52 Å². The van der Waals surface area contributed by atoms with E-state index in [4.69, 9.17) is 9.52 Å². The lowest BCUT2D eigenvalue weighted by Gasteiger charge is -2.15. The van der Waals surface area contributed by atoms with Gasteiger partial charge in [-0.25, -0.2) is 4.79 Å². The number of rotatable bonds is 5. The molecule has 0 spiro atoms. The second-order valence-electron chi connectivity index (χ2n) is 5.45. The van der Waals surface area contributed by atoms with Gasteiger partial charge in [-0.2, -0.15) is 0 Å². The molecule has 0 amide bonds. The molecule has 1 aromatic heterocycles. The molecule has 3 rings (SSSR count). The first-order valence-electron chi connectivity index (χ1n) is 7.19. The third-order valence-corrected chi connectivity index (χ3v) is 4.12. The van der Waals surface area contributed by atoms with Crippen LogP contribution in [0.25, 0.3) is 11.1 Å². The summed E-state index contributed by atoms with van der Waals surface area (Å²) in [4.78, 5) is 14.2. The number of aliphatic hydroxyl groups is 1. The van der Waals surface area contributed by atoms with Crippen LogP contribution in [0.1, 0.15) is 12.8 Å². The van der Waals surface area contributed by atoms with E-state index in [1.54, 1.807) is 4.57 Å². The van der Waals surface area contributed by atoms with E-state index in [2.05, 4.69) is 4.90 Å². The van der Waals surface area contributed by atoms with Crippen LogP contribution in [0.4, 0.5) is 0 Å². The normalized spacial score (nSPS) is 19.9. The number of para-hydroxylation sites is 2. The molecule has 1 aromatic carbocycles. The van der Waals surface area contributed by atoms with Crippen LogP contribution in [-0.4, -0.2) is 40.8 Å². The predicted octanol–water partition coefficient (Wildman–Crippen LogP) is 1.30. The predicted molar refractivity (Wildman–Crippen MR) is 76.7 cm³/mol. The van der Waals surface area contributed by atoms with Gasteiger partial charge in [-0.3, -0.25) is 4.57 Å². The van der Waals surface area contributed by atoms with Crippen LogP contribution in [-0.2, 0) is 6.54 Å². The molecular formula is C15H20N2O3. The van der Waals surface area contributed by atoms with Crippen LogP contribution >= 0.6 is 0 Å². The Balaban J connectivity index is 1.66.